The molecule has 1 saturated heterocycles. The Balaban J connectivity index is 1.78. The van der Waals surface area contributed by atoms with E-state index in [1.54, 1.807) is 6.07 Å². The predicted molar refractivity (Wildman–Crippen MR) is 102 cm³/mol. The fourth-order valence-electron chi connectivity index (χ4n) is 2.85. The molecule has 0 aliphatic carbocycles. The van der Waals surface area contributed by atoms with Crippen molar-refractivity contribution in [2.45, 2.75) is 23.8 Å². The van der Waals surface area contributed by atoms with Gasteiger partial charge in [-0.25, -0.2) is 8.42 Å². The van der Waals surface area contributed by atoms with Crippen LogP contribution < -0.4 is 10.5 Å². The molecule has 0 spiro atoms. The predicted octanol–water partition coefficient (Wildman–Crippen LogP) is 2.72. The Morgan fingerprint density at radius 2 is 2.04 bits per heavy atom. The first-order valence-corrected chi connectivity index (χ1v) is 10.3. The highest BCUT2D eigenvalue weighted by Gasteiger charge is 2.32. The summed E-state index contributed by atoms with van der Waals surface area (Å²) in [6.07, 6.45) is 2.33. The van der Waals surface area contributed by atoms with Gasteiger partial charge in [-0.2, -0.15) is 4.31 Å². The molecular weight excluding hydrogens is 413 g/mol. The van der Waals surface area contributed by atoms with Crippen LogP contribution >= 0.6 is 23.2 Å². The lowest BCUT2D eigenvalue weighted by Gasteiger charge is -2.32. The Morgan fingerprint density at radius 3 is 2.78 bits per heavy atom. The highest BCUT2D eigenvalue weighted by molar-refractivity contribution is 7.89. The zero-order valence-corrected chi connectivity index (χ0v) is 16.5. The van der Waals surface area contributed by atoms with Gasteiger partial charge in [0, 0.05) is 23.8 Å². The molecule has 0 bridgehead atoms. The first-order chi connectivity index (χ1) is 12.8. The third-order valence-electron chi connectivity index (χ3n) is 4.14. The number of piperidine rings is 1. The van der Waals surface area contributed by atoms with Crippen molar-refractivity contribution in [2.75, 3.05) is 13.1 Å². The Kier molecular flexibility index (Phi) is 5.90. The fourth-order valence-corrected chi connectivity index (χ4v) is 5.09. The van der Waals surface area contributed by atoms with Crippen LogP contribution in [-0.4, -0.2) is 42.8 Å². The highest BCUT2D eigenvalue weighted by Crippen LogP contribution is 2.30. The number of carbonyl (C=O) groups is 1. The van der Waals surface area contributed by atoms with E-state index in [0.29, 0.717) is 30.2 Å². The molecule has 2 N–H and O–H groups in total. The standard InChI is InChI=1S/C17H17Cl2N3O4S/c18-11-3-4-14(19)16(8-11)27(24,25)22-7-1-2-13(10-22)26-12-5-6-21-15(9-12)17(20)23/h3-6,8-9,13H,1-2,7,10H2,(H2,20,23). The molecule has 1 aliphatic heterocycles. The van der Waals surface area contributed by atoms with Crippen molar-refractivity contribution in [1.82, 2.24) is 9.29 Å². The lowest BCUT2D eigenvalue weighted by atomic mass is 10.1. The second-order valence-electron chi connectivity index (χ2n) is 6.06. The Labute approximate surface area is 167 Å². The number of aromatic nitrogens is 1. The summed E-state index contributed by atoms with van der Waals surface area (Å²) in [5, 5.41) is 0.404. The normalized spacial score (nSPS) is 18.2. The summed E-state index contributed by atoms with van der Waals surface area (Å²) in [6, 6.07) is 7.35. The zero-order chi connectivity index (χ0) is 19.6. The molecular formula is C17H17Cl2N3O4S. The molecule has 27 heavy (non-hydrogen) atoms. The molecule has 1 fully saturated rings. The maximum atomic E-state index is 13.0. The Bertz CT molecular complexity index is 968. The lowest BCUT2D eigenvalue weighted by Crippen LogP contribution is -2.44. The molecule has 1 amide bonds. The van der Waals surface area contributed by atoms with E-state index in [1.165, 1.54) is 34.8 Å². The molecule has 2 heterocycles. The summed E-state index contributed by atoms with van der Waals surface area (Å²) >= 11 is 12.0. The second-order valence-corrected chi connectivity index (χ2v) is 8.81. The molecule has 3 rings (SSSR count). The Morgan fingerprint density at radius 1 is 1.26 bits per heavy atom. The van der Waals surface area contributed by atoms with Gasteiger partial charge in [0.2, 0.25) is 10.0 Å². The van der Waals surface area contributed by atoms with Gasteiger partial charge in [0.1, 0.15) is 22.4 Å². The molecule has 1 aromatic carbocycles. The van der Waals surface area contributed by atoms with E-state index in [0.717, 1.165) is 0 Å². The molecule has 1 atom stereocenters. The van der Waals surface area contributed by atoms with Crippen LogP contribution in [0.5, 0.6) is 5.75 Å². The van der Waals surface area contributed by atoms with Gasteiger partial charge in [-0.15, -0.1) is 0 Å². The van der Waals surface area contributed by atoms with E-state index < -0.39 is 15.9 Å². The van der Waals surface area contributed by atoms with Crippen LogP contribution in [0.25, 0.3) is 0 Å². The number of nitrogens with two attached hydrogens (primary N) is 1. The summed E-state index contributed by atoms with van der Waals surface area (Å²) in [6.45, 7) is 0.507. The molecule has 0 radical (unpaired) electrons. The van der Waals surface area contributed by atoms with Crippen molar-refractivity contribution in [3.05, 3.63) is 52.3 Å². The lowest BCUT2D eigenvalue weighted by molar-refractivity contribution is 0.0993. The van der Waals surface area contributed by atoms with Gasteiger partial charge in [0.15, 0.2) is 0 Å². The van der Waals surface area contributed by atoms with Crippen molar-refractivity contribution in [1.29, 1.82) is 0 Å². The minimum atomic E-state index is -3.81. The quantitative estimate of drug-likeness (QED) is 0.786. The third kappa shape index (κ3) is 4.52. The van der Waals surface area contributed by atoms with Crippen LogP contribution in [0, 0.1) is 0 Å². The van der Waals surface area contributed by atoms with E-state index in [2.05, 4.69) is 4.98 Å². The van der Waals surface area contributed by atoms with Crippen LogP contribution in [0.2, 0.25) is 10.0 Å². The summed E-state index contributed by atoms with van der Waals surface area (Å²) in [5.74, 6) is -0.257. The highest BCUT2D eigenvalue weighted by atomic mass is 35.5. The SMILES string of the molecule is NC(=O)c1cc(OC2CCCN(S(=O)(=O)c3cc(Cl)ccc3Cl)C2)ccn1. The molecule has 2 aromatic rings. The summed E-state index contributed by atoms with van der Waals surface area (Å²) in [4.78, 5) is 15.1. The van der Waals surface area contributed by atoms with Gasteiger partial charge in [-0.05, 0) is 37.1 Å². The average Bonchev–Trinajstić information content (AvgIpc) is 2.64. The summed E-state index contributed by atoms with van der Waals surface area (Å²) < 4.78 is 33.1. The van der Waals surface area contributed by atoms with E-state index in [4.69, 9.17) is 33.7 Å². The van der Waals surface area contributed by atoms with Crippen LogP contribution in [0.3, 0.4) is 0 Å². The molecule has 7 nitrogen and oxygen atoms in total. The summed E-state index contributed by atoms with van der Waals surface area (Å²) in [7, 11) is -3.81. The van der Waals surface area contributed by atoms with Gasteiger partial charge in [0.25, 0.3) is 5.91 Å². The van der Waals surface area contributed by atoms with Crippen LogP contribution in [0.15, 0.2) is 41.4 Å². The number of benzene rings is 1. The number of ether oxygens (including phenoxy) is 1. The van der Waals surface area contributed by atoms with Crippen LogP contribution in [-0.2, 0) is 10.0 Å². The Hall–Kier alpha value is -1.87. The molecule has 10 heteroatoms. The molecule has 1 aliphatic rings. The van der Waals surface area contributed by atoms with E-state index in [9.17, 15) is 13.2 Å². The van der Waals surface area contributed by atoms with E-state index in [1.807, 2.05) is 0 Å². The topological polar surface area (TPSA) is 103 Å². The smallest absolute Gasteiger partial charge is 0.267 e. The largest absolute Gasteiger partial charge is 0.489 e. The monoisotopic (exact) mass is 429 g/mol. The summed E-state index contributed by atoms with van der Waals surface area (Å²) in [5.41, 5.74) is 5.30. The minimum absolute atomic E-state index is 0.0303. The maximum absolute atomic E-state index is 13.0. The van der Waals surface area contributed by atoms with E-state index >= 15 is 0 Å². The van der Waals surface area contributed by atoms with Crippen molar-refractivity contribution in [2.24, 2.45) is 5.73 Å². The molecule has 1 aromatic heterocycles. The number of amides is 1. The number of sulfonamides is 1. The van der Waals surface area contributed by atoms with Gasteiger partial charge < -0.3 is 10.5 Å². The van der Waals surface area contributed by atoms with Gasteiger partial charge in [-0.1, -0.05) is 23.2 Å². The van der Waals surface area contributed by atoms with Crippen molar-refractivity contribution in [3.8, 4) is 5.75 Å². The third-order valence-corrected chi connectivity index (χ3v) is 6.72. The first-order valence-electron chi connectivity index (χ1n) is 8.15. The minimum Gasteiger partial charge on any atom is -0.489 e. The number of nitrogens with zero attached hydrogens (tertiary/aromatic N) is 2. The van der Waals surface area contributed by atoms with Crippen molar-refractivity contribution < 1.29 is 17.9 Å². The number of primary amides is 1. The first kappa shape index (κ1) is 19.9. The van der Waals surface area contributed by atoms with Gasteiger partial charge >= 0.3 is 0 Å². The van der Waals surface area contributed by atoms with Crippen molar-refractivity contribution >= 4 is 39.1 Å². The number of hydrogen-bond acceptors (Lipinski definition) is 5. The molecule has 144 valence electrons. The number of halogens is 2. The van der Waals surface area contributed by atoms with Gasteiger partial charge in [0.05, 0.1) is 11.6 Å². The zero-order valence-electron chi connectivity index (χ0n) is 14.1. The van der Waals surface area contributed by atoms with Crippen LogP contribution in [0.1, 0.15) is 23.3 Å². The van der Waals surface area contributed by atoms with E-state index in [-0.39, 0.29) is 28.3 Å². The van der Waals surface area contributed by atoms with Gasteiger partial charge in [-0.3, -0.25) is 9.78 Å². The fraction of sp³-hybridized carbons (Fsp3) is 0.294. The molecule has 0 saturated carbocycles. The number of carbonyl (C=O) groups excluding carboxylic acids is 1. The second kappa shape index (κ2) is 8.02. The number of pyridine rings is 1. The maximum Gasteiger partial charge on any atom is 0.267 e. The number of rotatable bonds is 5. The average molecular weight is 430 g/mol. The molecule has 1 unspecified atom stereocenters. The van der Waals surface area contributed by atoms with Crippen LogP contribution in [0.4, 0.5) is 0 Å². The van der Waals surface area contributed by atoms with Crippen molar-refractivity contribution in [3.63, 3.8) is 0 Å². The number of hydrogen-bond donors (Lipinski definition) is 1.